The van der Waals surface area contributed by atoms with E-state index < -0.39 is 0 Å². The average Bonchev–Trinajstić information content (AvgIpc) is 2.53. The highest BCUT2D eigenvalue weighted by molar-refractivity contribution is 8.00. The summed E-state index contributed by atoms with van der Waals surface area (Å²) < 4.78 is 0. The van der Waals surface area contributed by atoms with Crippen molar-refractivity contribution < 1.29 is 4.79 Å². The standard InChI is InChI=1S/C19H30N2OS/c1-15(2)23-17-11-7-6-10-16(17)18(22)20-14-19(3,4)21-12-8-5-9-13-21/h6-7,10-11,15H,5,8-9,12-14H2,1-4H3,(H,20,22). The van der Waals surface area contributed by atoms with E-state index in [4.69, 9.17) is 0 Å². The Morgan fingerprint density at radius 1 is 1.22 bits per heavy atom. The van der Waals surface area contributed by atoms with Crippen LogP contribution in [0.25, 0.3) is 0 Å². The Hall–Kier alpha value is -1.00. The first-order chi connectivity index (χ1) is 10.9. The van der Waals surface area contributed by atoms with Crippen molar-refractivity contribution in [1.82, 2.24) is 10.2 Å². The van der Waals surface area contributed by atoms with Gasteiger partial charge in [-0.2, -0.15) is 0 Å². The number of hydrogen-bond donors (Lipinski definition) is 1. The molecule has 0 aromatic heterocycles. The number of rotatable bonds is 6. The summed E-state index contributed by atoms with van der Waals surface area (Å²) >= 11 is 1.74. The molecule has 128 valence electrons. The Balaban J connectivity index is 1.99. The van der Waals surface area contributed by atoms with Gasteiger partial charge in [0, 0.05) is 22.2 Å². The van der Waals surface area contributed by atoms with Crippen LogP contribution in [0.4, 0.5) is 0 Å². The fraction of sp³-hybridized carbons (Fsp3) is 0.632. The number of benzene rings is 1. The van der Waals surface area contributed by atoms with Gasteiger partial charge in [-0.3, -0.25) is 9.69 Å². The Bertz CT molecular complexity index is 522. The first-order valence-corrected chi connectivity index (χ1v) is 9.57. The lowest BCUT2D eigenvalue weighted by Crippen LogP contribution is -2.53. The van der Waals surface area contributed by atoms with E-state index in [1.807, 2.05) is 24.3 Å². The highest BCUT2D eigenvalue weighted by atomic mass is 32.2. The number of amides is 1. The van der Waals surface area contributed by atoms with Crippen LogP contribution in [0.5, 0.6) is 0 Å². The van der Waals surface area contributed by atoms with Gasteiger partial charge in [-0.1, -0.05) is 32.4 Å². The number of thioether (sulfide) groups is 1. The second-order valence-electron chi connectivity index (χ2n) is 7.21. The second-order valence-corrected chi connectivity index (χ2v) is 8.82. The van der Waals surface area contributed by atoms with Crippen molar-refractivity contribution in [3.63, 3.8) is 0 Å². The van der Waals surface area contributed by atoms with Gasteiger partial charge in [0.1, 0.15) is 0 Å². The van der Waals surface area contributed by atoms with E-state index in [2.05, 4.69) is 37.9 Å². The minimum atomic E-state index is 0.0101. The molecule has 2 rings (SSSR count). The number of carbonyl (C=O) groups excluding carboxylic acids is 1. The van der Waals surface area contributed by atoms with Crippen LogP contribution in [-0.2, 0) is 0 Å². The Morgan fingerprint density at radius 3 is 2.52 bits per heavy atom. The van der Waals surface area contributed by atoms with Crippen molar-refractivity contribution in [2.75, 3.05) is 19.6 Å². The summed E-state index contributed by atoms with van der Waals surface area (Å²) in [4.78, 5) is 16.2. The molecule has 1 aliphatic heterocycles. The van der Waals surface area contributed by atoms with Crippen LogP contribution in [0, 0.1) is 0 Å². The molecule has 0 spiro atoms. The normalized spacial score (nSPS) is 16.6. The molecule has 0 saturated carbocycles. The lowest BCUT2D eigenvalue weighted by Gasteiger charge is -2.41. The van der Waals surface area contributed by atoms with E-state index in [0.29, 0.717) is 11.8 Å². The number of piperidine rings is 1. The minimum absolute atomic E-state index is 0.0101. The molecule has 23 heavy (non-hydrogen) atoms. The molecule has 0 unspecified atom stereocenters. The predicted molar refractivity (Wildman–Crippen MR) is 99.3 cm³/mol. The monoisotopic (exact) mass is 334 g/mol. The number of nitrogens with zero attached hydrogens (tertiary/aromatic N) is 1. The summed E-state index contributed by atoms with van der Waals surface area (Å²) in [6, 6.07) is 7.90. The molecule has 1 fully saturated rings. The van der Waals surface area contributed by atoms with E-state index in [1.165, 1.54) is 19.3 Å². The molecule has 4 heteroatoms. The minimum Gasteiger partial charge on any atom is -0.350 e. The molecule has 1 aromatic carbocycles. The number of nitrogens with one attached hydrogen (secondary N) is 1. The van der Waals surface area contributed by atoms with E-state index in [0.717, 1.165) is 23.5 Å². The summed E-state index contributed by atoms with van der Waals surface area (Å²) in [6.45, 7) is 11.7. The Labute approximate surface area is 145 Å². The molecule has 3 nitrogen and oxygen atoms in total. The summed E-state index contributed by atoms with van der Waals surface area (Å²) in [5.74, 6) is 0.0406. The molecular weight excluding hydrogens is 304 g/mol. The fourth-order valence-electron chi connectivity index (χ4n) is 3.01. The first-order valence-electron chi connectivity index (χ1n) is 8.69. The van der Waals surface area contributed by atoms with Gasteiger partial charge >= 0.3 is 0 Å². The molecule has 1 heterocycles. The largest absolute Gasteiger partial charge is 0.350 e. The zero-order chi connectivity index (χ0) is 16.9. The van der Waals surface area contributed by atoms with Crippen LogP contribution in [-0.4, -0.2) is 41.2 Å². The van der Waals surface area contributed by atoms with Gasteiger partial charge in [-0.15, -0.1) is 11.8 Å². The highest BCUT2D eigenvalue weighted by Crippen LogP contribution is 2.26. The van der Waals surface area contributed by atoms with Crippen LogP contribution < -0.4 is 5.32 Å². The van der Waals surface area contributed by atoms with E-state index in [1.54, 1.807) is 11.8 Å². The third-order valence-corrected chi connectivity index (χ3v) is 5.47. The molecule has 0 radical (unpaired) electrons. The zero-order valence-electron chi connectivity index (χ0n) is 14.9. The summed E-state index contributed by atoms with van der Waals surface area (Å²) in [6.07, 6.45) is 3.87. The van der Waals surface area contributed by atoms with Gasteiger partial charge in [0.05, 0.1) is 5.56 Å². The summed E-state index contributed by atoms with van der Waals surface area (Å²) in [5, 5.41) is 3.62. The maximum atomic E-state index is 12.6. The van der Waals surface area contributed by atoms with Gasteiger partial charge in [0.2, 0.25) is 0 Å². The molecular formula is C19H30N2OS. The number of likely N-dealkylation sites (tertiary alicyclic amines) is 1. The smallest absolute Gasteiger partial charge is 0.252 e. The number of hydrogen-bond acceptors (Lipinski definition) is 3. The van der Waals surface area contributed by atoms with E-state index in [-0.39, 0.29) is 11.4 Å². The lowest BCUT2D eigenvalue weighted by molar-refractivity contribution is 0.0795. The van der Waals surface area contributed by atoms with Gasteiger partial charge in [-0.25, -0.2) is 0 Å². The van der Waals surface area contributed by atoms with Crippen LogP contribution in [0.2, 0.25) is 0 Å². The Kier molecular flexibility index (Phi) is 6.54. The maximum absolute atomic E-state index is 12.6. The van der Waals surface area contributed by atoms with Crippen LogP contribution in [0.15, 0.2) is 29.2 Å². The molecule has 1 N–H and O–H groups in total. The molecule has 1 amide bonds. The van der Waals surface area contributed by atoms with E-state index in [9.17, 15) is 4.79 Å². The van der Waals surface area contributed by atoms with Gasteiger partial charge in [-0.05, 0) is 51.9 Å². The maximum Gasteiger partial charge on any atom is 0.252 e. The van der Waals surface area contributed by atoms with Gasteiger partial charge < -0.3 is 5.32 Å². The molecule has 1 saturated heterocycles. The third-order valence-electron chi connectivity index (χ3n) is 4.39. The molecule has 0 bridgehead atoms. The Morgan fingerprint density at radius 2 is 1.87 bits per heavy atom. The SMILES string of the molecule is CC(C)Sc1ccccc1C(=O)NCC(C)(C)N1CCCCC1. The number of carbonyl (C=O) groups is 1. The summed E-state index contributed by atoms with van der Waals surface area (Å²) in [5.41, 5.74) is 0.802. The van der Waals surface area contributed by atoms with Crippen molar-refractivity contribution in [2.24, 2.45) is 0 Å². The molecule has 1 aromatic rings. The average molecular weight is 335 g/mol. The molecule has 0 atom stereocenters. The third kappa shape index (κ3) is 5.25. The molecule has 0 aliphatic carbocycles. The lowest BCUT2D eigenvalue weighted by atomic mass is 9.98. The van der Waals surface area contributed by atoms with Crippen molar-refractivity contribution >= 4 is 17.7 Å². The first kappa shape index (κ1) is 18.3. The zero-order valence-corrected chi connectivity index (χ0v) is 15.7. The van der Waals surface area contributed by atoms with Crippen molar-refractivity contribution in [1.29, 1.82) is 0 Å². The van der Waals surface area contributed by atoms with Crippen molar-refractivity contribution in [2.45, 2.75) is 62.6 Å². The fourth-order valence-corrected chi connectivity index (χ4v) is 3.97. The van der Waals surface area contributed by atoms with Crippen LogP contribution >= 0.6 is 11.8 Å². The molecule has 1 aliphatic rings. The van der Waals surface area contributed by atoms with Crippen LogP contribution in [0.3, 0.4) is 0 Å². The quantitative estimate of drug-likeness (QED) is 0.792. The van der Waals surface area contributed by atoms with Crippen molar-refractivity contribution in [3.05, 3.63) is 29.8 Å². The predicted octanol–water partition coefficient (Wildman–Crippen LogP) is 4.18. The van der Waals surface area contributed by atoms with Crippen LogP contribution in [0.1, 0.15) is 57.3 Å². The highest BCUT2D eigenvalue weighted by Gasteiger charge is 2.28. The van der Waals surface area contributed by atoms with Gasteiger partial charge in [0.15, 0.2) is 0 Å². The van der Waals surface area contributed by atoms with E-state index >= 15 is 0 Å². The van der Waals surface area contributed by atoms with Crippen molar-refractivity contribution in [3.8, 4) is 0 Å². The van der Waals surface area contributed by atoms with Gasteiger partial charge in [0.25, 0.3) is 5.91 Å². The topological polar surface area (TPSA) is 32.3 Å². The second kappa shape index (κ2) is 8.20. The summed E-state index contributed by atoms with van der Waals surface area (Å²) in [7, 11) is 0.